The Morgan fingerprint density at radius 1 is 0.429 bits per heavy atom. The number of carboxylic acids is 2. The van der Waals surface area contributed by atoms with Crippen molar-refractivity contribution < 1.29 is 87.8 Å². The number of aldehydes is 1. The van der Waals surface area contributed by atoms with E-state index in [2.05, 4.69) is 56.3 Å². The minimum absolute atomic E-state index is 0. The molecule has 0 aliphatic carbocycles. The number of aromatic carboxylic acids is 2. The molecule has 0 aromatic heterocycles. The molecule has 0 aliphatic rings. The monoisotopic (exact) mass is 1470 g/mol. The van der Waals surface area contributed by atoms with Crippen LogP contribution in [-0.2, 0) is 76.0 Å². The van der Waals surface area contributed by atoms with Crippen LogP contribution in [0.5, 0.6) is 0 Å². The molecule has 0 atom stereocenters. The molecule has 0 saturated carbocycles. The summed E-state index contributed by atoms with van der Waals surface area (Å²) in [6.07, 6.45) is 6.09. The van der Waals surface area contributed by atoms with Crippen LogP contribution in [0.3, 0.4) is 0 Å². The van der Waals surface area contributed by atoms with Crippen LogP contribution < -0.4 is 0 Å². The van der Waals surface area contributed by atoms with E-state index in [1.807, 2.05) is 156 Å². The summed E-state index contributed by atoms with van der Waals surface area (Å²) in [7, 11) is 0. The fourth-order valence-corrected chi connectivity index (χ4v) is 4.49. The Morgan fingerprint density at radius 2 is 0.757 bits per heavy atom. The van der Waals surface area contributed by atoms with Gasteiger partial charge in [-0.25, -0.2) is 9.59 Å². The van der Waals surface area contributed by atoms with Crippen molar-refractivity contribution in [1.82, 2.24) is 0 Å². The molecule has 6 aromatic rings. The van der Waals surface area contributed by atoms with Gasteiger partial charge in [-0.2, -0.15) is 96.6 Å². The van der Waals surface area contributed by atoms with E-state index in [4.69, 9.17) is 10.2 Å². The number of benzene rings is 6. The number of carbonyl (C=O) groups excluding carboxylic acids is 1. The van der Waals surface area contributed by atoms with E-state index in [9.17, 15) is 14.4 Å². The van der Waals surface area contributed by atoms with Crippen LogP contribution >= 0.6 is 0 Å². The largest absolute Gasteiger partial charge is 0.478 e. The summed E-state index contributed by atoms with van der Waals surface area (Å²) in [6, 6.07) is 53.2. The fourth-order valence-electron chi connectivity index (χ4n) is 4.49. The van der Waals surface area contributed by atoms with Crippen LogP contribution in [-0.4, -0.2) is 28.4 Å². The molecule has 5 nitrogen and oxygen atoms in total. The number of hydrogen-bond donors (Lipinski definition) is 2. The SMILES string of the molecule is C.C.C.C.C.CC.CC.CC.CC.CC.CC.Cc1ccccc1C.O=C(O)c1ccccc1/C=C/c1cc[c-]cc1.O=C(O)c1ccccc1CCc1cc[c-]cc1.O=Cc1cc[c-]cc1.[W].[W].[W]. The molecule has 0 spiro atoms. The third kappa shape index (κ3) is 47.4. The van der Waals surface area contributed by atoms with Gasteiger partial charge >= 0.3 is 11.9 Å². The number of rotatable bonds is 8. The van der Waals surface area contributed by atoms with Gasteiger partial charge in [-0.3, -0.25) is 0 Å². The molecular weight excluding hydrogens is 1380 g/mol. The molecule has 0 bridgehead atoms. The first-order chi connectivity index (χ1) is 30.3. The minimum atomic E-state index is -0.911. The average Bonchev–Trinajstić information content (AvgIpc) is 3.36. The third-order valence-corrected chi connectivity index (χ3v) is 7.41. The van der Waals surface area contributed by atoms with Crippen molar-refractivity contribution >= 4 is 30.4 Å². The van der Waals surface area contributed by atoms with E-state index in [1.54, 1.807) is 60.7 Å². The Labute approximate surface area is 475 Å². The molecule has 0 unspecified atom stereocenters. The molecule has 2 N–H and O–H groups in total. The maximum atomic E-state index is 11.0. The molecule has 6 rings (SSSR count). The van der Waals surface area contributed by atoms with Crippen LogP contribution in [0.4, 0.5) is 0 Å². The summed E-state index contributed by atoms with van der Waals surface area (Å²) in [6.45, 7) is 28.2. The first-order valence-corrected chi connectivity index (χ1v) is 21.9. The Hall–Kier alpha value is -4.27. The fraction of sp³-hybridized carbons (Fsp3) is 0.339. The zero-order chi connectivity index (χ0) is 48.0. The summed E-state index contributed by atoms with van der Waals surface area (Å²) in [4.78, 5) is 32.0. The number of hydrogen-bond acceptors (Lipinski definition) is 3. The molecule has 0 aliphatic heterocycles. The molecule has 0 radical (unpaired) electrons. The van der Waals surface area contributed by atoms with Crippen molar-refractivity contribution in [3.63, 3.8) is 0 Å². The third-order valence-electron chi connectivity index (χ3n) is 7.41. The van der Waals surface area contributed by atoms with Crippen molar-refractivity contribution in [2.24, 2.45) is 0 Å². The minimum Gasteiger partial charge on any atom is -0.478 e. The second kappa shape index (κ2) is 71.3. The molecule has 0 saturated heterocycles. The summed E-state index contributed by atoms with van der Waals surface area (Å²) < 4.78 is 0. The quantitative estimate of drug-likeness (QED) is 0.0900. The predicted octanol–water partition coefficient (Wildman–Crippen LogP) is 19.3. The molecule has 0 amide bonds. The van der Waals surface area contributed by atoms with E-state index < -0.39 is 11.9 Å². The topological polar surface area (TPSA) is 91.7 Å². The summed E-state index contributed by atoms with van der Waals surface area (Å²) in [5, 5.41) is 18.1. The molecule has 6 aromatic carbocycles. The molecular formula is C62H95O5W3-3. The molecule has 394 valence electrons. The maximum absolute atomic E-state index is 11.0. The van der Waals surface area contributed by atoms with Gasteiger partial charge in [0.25, 0.3) is 0 Å². The van der Waals surface area contributed by atoms with Gasteiger partial charge in [-0.1, -0.05) is 199 Å². The molecule has 8 heteroatoms. The Bertz CT molecular complexity index is 1930. The van der Waals surface area contributed by atoms with Crippen molar-refractivity contribution in [2.45, 2.75) is 147 Å². The van der Waals surface area contributed by atoms with Crippen molar-refractivity contribution in [1.29, 1.82) is 0 Å². The van der Waals surface area contributed by atoms with Gasteiger partial charge in [0, 0.05) is 63.2 Å². The normalized spacial score (nSPS) is 7.57. The molecule has 0 fully saturated rings. The predicted molar refractivity (Wildman–Crippen MR) is 302 cm³/mol. The van der Waals surface area contributed by atoms with E-state index in [1.165, 1.54) is 16.7 Å². The number of carbonyl (C=O) groups is 3. The van der Waals surface area contributed by atoms with Gasteiger partial charge in [0.15, 0.2) is 0 Å². The zero-order valence-corrected chi connectivity index (χ0v) is 50.1. The Morgan fingerprint density at radius 3 is 1.11 bits per heavy atom. The van der Waals surface area contributed by atoms with E-state index in [0.717, 1.165) is 30.3 Å². The standard InChI is InChI=1S/C15H13O2.C15H11O2.C8H10.C7H5O.6C2H6.5CH4.3W/c2*16-15(17)14-9-5-4-8-13(14)11-10-12-6-2-1-3-7-12;1-7-5-3-4-6-8(7)2;8-6-7-4-2-1-3-5-7;6*1-2;;;;;;;;/h2-9H,10-11H2,(H,16,17);2-11H,(H,16,17);3-6H,1-2H3;2-6H;6*1-2H3;5*1H4;;;/q2*-1;;-1;;;;;;;;;;;;;;/b;11-10+;;;;;;;;;;;;;;;;. The van der Waals surface area contributed by atoms with Gasteiger partial charge in [-0.05, 0) is 61.1 Å². The first kappa shape index (κ1) is 95.4. The zero-order valence-electron chi connectivity index (χ0n) is 41.3. The van der Waals surface area contributed by atoms with Gasteiger partial charge in [-0.15, -0.1) is 5.56 Å². The van der Waals surface area contributed by atoms with Crippen LogP contribution in [0.1, 0.15) is 185 Å². The number of carboxylic acid groups (broad SMARTS) is 2. The van der Waals surface area contributed by atoms with Gasteiger partial charge in [0.1, 0.15) is 6.29 Å². The maximum Gasteiger partial charge on any atom is 0.336 e. The van der Waals surface area contributed by atoms with Crippen LogP contribution in [0, 0.1) is 32.0 Å². The average molecular weight is 1470 g/mol. The number of aryl methyl sites for hydroxylation is 4. The van der Waals surface area contributed by atoms with Crippen LogP contribution in [0.25, 0.3) is 12.2 Å². The van der Waals surface area contributed by atoms with Crippen LogP contribution in [0.2, 0.25) is 0 Å². The summed E-state index contributed by atoms with van der Waals surface area (Å²) in [5.74, 6) is -1.77. The van der Waals surface area contributed by atoms with Gasteiger partial charge < -0.3 is 15.0 Å². The molecule has 0 heterocycles. The van der Waals surface area contributed by atoms with Gasteiger partial charge in [0.05, 0.1) is 11.1 Å². The van der Waals surface area contributed by atoms with E-state index >= 15 is 0 Å². The van der Waals surface area contributed by atoms with Crippen molar-refractivity contribution in [3.8, 4) is 0 Å². The Kier molecular flexibility index (Phi) is 97.2. The van der Waals surface area contributed by atoms with E-state index in [-0.39, 0.29) is 100 Å². The second-order valence-corrected chi connectivity index (χ2v) is 11.0. The summed E-state index contributed by atoms with van der Waals surface area (Å²) >= 11 is 0. The second-order valence-electron chi connectivity index (χ2n) is 11.0. The van der Waals surface area contributed by atoms with E-state index in [0.29, 0.717) is 22.3 Å². The Balaban J connectivity index is -0.0000000595. The van der Waals surface area contributed by atoms with Crippen molar-refractivity contribution in [2.75, 3.05) is 0 Å². The van der Waals surface area contributed by atoms with Gasteiger partial charge in [0.2, 0.25) is 0 Å². The molecule has 70 heavy (non-hydrogen) atoms. The smallest absolute Gasteiger partial charge is 0.336 e. The van der Waals surface area contributed by atoms with Crippen molar-refractivity contribution in [3.05, 3.63) is 214 Å². The summed E-state index contributed by atoms with van der Waals surface area (Å²) in [5.41, 5.74) is 7.94. The van der Waals surface area contributed by atoms with Crippen LogP contribution in [0.15, 0.2) is 146 Å². The first-order valence-electron chi connectivity index (χ1n) is 21.9.